The van der Waals surface area contributed by atoms with Crippen LogP contribution in [-0.4, -0.2) is 24.0 Å². The molecule has 0 spiro atoms. The topological polar surface area (TPSA) is 55.4 Å². The fourth-order valence-electron chi connectivity index (χ4n) is 3.69. The first-order chi connectivity index (χ1) is 10.2. The Bertz CT molecular complexity index is 342. The Morgan fingerprint density at radius 1 is 0.905 bits per heavy atom. The van der Waals surface area contributed by atoms with Gasteiger partial charge in [0.05, 0.1) is 6.04 Å². The third-order valence-electron chi connectivity index (χ3n) is 4.91. The lowest BCUT2D eigenvalue weighted by Crippen LogP contribution is -2.46. The molecule has 0 aromatic rings. The third-order valence-corrected chi connectivity index (χ3v) is 4.91. The predicted molar refractivity (Wildman–Crippen MR) is 82.2 cm³/mol. The highest BCUT2D eigenvalue weighted by atomic mass is 16.6. The highest BCUT2D eigenvalue weighted by molar-refractivity contribution is 5.85. The van der Waals surface area contributed by atoms with Crippen molar-refractivity contribution >= 4 is 11.9 Å². The Balaban J connectivity index is 1.83. The molecule has 21 heavy (non-hydrogen) atoms. The molecule has 1 amide bonds. The van der Waals surface area contributed by atoms with Crippen LogP contribution in [0.4, 0.5) is 4.79 Å². The highest BCUT2D eigenvalue weighted by Crippen LogP contribution is 2.27. The first-order valence-corrected chi connectivity index (χ1v) is 8.64. The molecular weight excluding hydrogens is 266 g/mol. The maximum Gasteiger partial charge on any atom is 0.408 e. The third kappa shape index (κ3) is 5.33. The molecule has 4 heteroatoms. The number of amides is 1. The zero-order valence-corrected chi connectivity index (χ0v) is 13.2. The average molecular weight is 295 g/mol. The predicted octanol–water partition coefficient (Wildman–Crippen LogP) is 3.97. The Labute approximate surface area is 128 Å². The first-order valence-electron chi connectivity index (χ1n) is 8.64. The van der Waals surface area contributed by atoms with Gasteiger partial charge in [-0.25, -0.2) is 4.79 Å². The van der Waals surface area contributed by atoms with Crippen LogP contribution in [0.2, 0.25) is 0 Å². The molecule has 0 heterocycles. The molecular formula is C17H29NO3. The molecule has 1 N–H and O–H groups in total. The number of ketones is 1. The summed E-state index contributed by atoms with van der Waals surface area (Å²) < 4.78 is 5.54. The van der Waals surface area contributed by atoms with E-state index < -0.39 is 6.09 Å². The van der Waals surface area contributed by atoms with Crippen molar-refractivity contribution in [3.8, 4) is 0 Å². The lowest BCUT2D eigenvalue weighted by atomic mass is 9.82. The van der Waals surface area contributed by atoms with Crippen molar-refractivity contribution in [1.29, 1.82) is 0 Å². The molecule has 2 saturated carbocycles. The number of ether oxygens (including phenoxy) is 1. The van der Waals surface area contributed by atoms with E-state index in [1.807, 2.05) is 0 Å². The minimum absolute atomic E-state index is 0.0338. The van der Waals surface area contributed by atoms with Crippen LogP contribution in [0, 0.1) is 5.92 Å². The number of Topliss-reactive ketones (excluding diaryl/α,β-unsaturated/α-hetero) is 1. The normalized spacial score (nSPS) is 23.1. The van der Waals surface area contributed by atoms with E-state index in [9.17, 15) is 9.59 Å². The number of carbonyl (C=O) groups excluding carboxylic acids is 2. The highest BCUT2D eigenvalue weighted by Gasteiger charge is 2.29. The zero-order chi connectivity index (χ0) is 15.1. The molecule has 1 atom stereocenters. The van der Waals surface area contributed by atoms with Crippen LogP contribution in [-0.2, 0) is 9.53 Å². The minimum Gasteiger partial charge on any atom is -0.446 e. The van der Waals surface area contributed by atoms with E-state index in [1.54, 1.807) is 6.92 Å². The molecule has 0 saturated heterocycles. The molecule has 120 valence electrons. The summed E-state index contributed by atoms with van der Waals surface area (Å²) in [4.78, 5) is 24.0. The van der Waals surface area contributed by atoms with Crippen LogP contribution < -0.4 is 5.32 Å². The standard InChI is InChI=1S/C17H29NO3/c1-13(19)16(14-9-5-4-6-10-14)18-17(20)21-15-11-7-2-3-8-12-15/h14-16H,2-12H2,1H3,(H,18,20). The van der Waals surface area contributed by atoms with E-state index in [1.165, 1.54) is 19.3 Å². The molecule has 2 aliphatic carbocycles. The van der Waals surface area contributed by atoms with Crippen molar-refractivity contribution in [2.24, 2.45) is 5.92 Å². The van der Waals surface area contributed by atoms with Gasteiger partial charge in [0.2, 0.25) is 0 Å². The first kappa shape index (κ1) is 16.3. The van der Waals surface area contributed by atoms with Crippen molar-refractivity contribution in [3.05, 3.63) is 0 Å². The van der Waals surface area contributed by atoms with E-state index in [0.717, 1.165) is 51.4 Å². The molecule has 0 aromatic heterocycles. The fourth-order valence-corrected chi connectivity index (χ4v) is 3.69. The van der Waals surface area contributed by atoms with Gasteiger partial charge in [0.25, 0.3) is 0 Å². The van der Waals surface area contributed by atoms with Gasteiger partial charge in [-0.1, -0.05) is 32.1 Å². The fraction of sp³-hybridized carbons (Fsp3) is 0.882. The molecule has 0 radical (unpaired) electrons. The van der Waals surface area contributed by atoms with Gasteiger partial charge in [-0.3, -0.25) is 4.79 Å². The van der Waals surface area contributed by atoms with Crippen LogP contribution >= 0.6 is 0 Å². The van der Waals surface area contributed by atoms with Crippen molar-refractivity contribution in [2.75, 3.05) is 0 Å². The lowest BCUT2D eigenvalue weighted by molar-refractivity contribution is -0.120. The van der Waals surface area contributed by atoms with E-state index in [-0.39, 0.29) is 23.8 Å². The van der Waals surface area contributed by atoms with E-state index in [0.29, 0.717) is 0 Å². The molecule has 1 unspecified atom stereocenters. The largest absolute Gasteiger partial charge is 0.446 e. The monoisotopic (exact) mass is 295 g/mol. The number of hydrogen-bond donors (Lipinski definition) is 1. The average Bonchev–Trinajstić information content (AvgIpc) is 2.74. The van der Waals surface area contributed by atoms with Gasteiger partial charge in [-0.2, -0.15) is 0 Å². The van der Waals surface area contributed by atoms with Crippen LogP contribution in [0.3, 0.4) is 0 Å². The Hall–Kier alpha value is -1.06. The van der Waals surface area contributed by atoms with Gasteiger partial charge < -0.3 is 10.1 Å². The molecule has 2 rings (SSSR count). The minimum atomic E-state index is -0.396. The van der Waals surface area contributed by atoms with Crippen LogP contribution in [0.25, 0.3) is 0 Å². The summed E-state index contributed by atoms with van der Waals surface area (Å²) in [5.74, 6) is 0.345. The van der Waals surface area contributed by atoms with Gasteiger partial charge in [0, 0.05) is 0 Å². The molecule has 0 aliphatic heterocycles. The summed E-state index contributed by atoms with van der Waals surface area (Å²) >= 11 is 0. The second kappa shape index (κ2) is 8.40. The van der Waals surface area contributed by atoms with Crippen LogP contribution in [0.5, 0.6) is 0 Å². The maximum absolute atomic E-state index is 12.1. The van der Waals surface area contributed by atoms with Crippen LogP contribution in [0.15, 0.2) is 0 Å². The Morgan fingerprint density at radius 3 is 2.00 bits per heavy atom. The summed E-state index contributed by atoms with van der Waals surface area (Å²) in [5, 5.41) is 2.84. The summed E-state index contributed by atoms with van der Waals surface area (Å²) in [6, 6.07) is -0.358. The van der Waals surface area contributed by atoms with Crippen molar-refractivity contribution in [3.63, 3.8) is 0 Å². The second-order valence-corrected chi connectivity index (χ2v) is 6.65. The summed E-state index contributed by atoms with van der Waals surface area (Å²) in [5.41, 5.74) is 0. The molecule has 2 aliphatic rings. The zero-order valence-electron chi connectivity index (χ0n) is 13.2. The van der Waals surface area contributed by atoms with E-state index >= 15 is 0 Å². The van der Waals surface area contributed by atoms with Gasteiger partial charge in [-0.15, -0.1) is 0 Å². The smallest absolute Gasteiger partial charge is 0.408 e. The van der Waals surface area contributed by atoms with E-state index in [2.05, 4.69) is 5.32 Å². The van der Waals surface area contributed by atoms with Gasteiger partial charge in [0.1, 0.15) is 6.10 Å². The van der Waals surface area contributed by atoms with Crippen molar-refractivity contribution < 1.29 is 14.3 Å². The molecule has 0 bridgehead atoms. The number of nitrogens with one attached hydrogen (secondary N) is 1. The molecule has 0 aromatic carbocycles. The van der Waals surface area contributed by atoms with Crippen molar-refractivity contribution in [1.82, 2.24) is 5.32 Å². The second-order valence-electron chi connectivity index (χ2n) is 6.65. The number of rotatable bonds is 4. The lowest BCUT2D eigenvalue weighted by Gasteiger charge is -2.29. The quantitative estimate of drug-likeness (QED) is 0.798. The Kier molecular flexibility index (Phi) is 6.52. The maximum atomic E-state index is 12.1. The van der Waals surface area contributed by atoms with E-state index in [4.69, 9.17) is 4.74 Å². The summed E-state index contributed by atoms with van der Waals surface area (Å²) in [7, 11) is 0. The van der Waals surface area contributed by atoms with Gasteiger partial charge in [-0.05, 0) is 51.4 Å². The SMILES string of the molecule is CC(=O)C(NC(=O)OC1CCCCCC1)C1CCCCC1. The van der Waals surface area contributed by atoms with Crippen LogP contribution in [0.1, 0.15) is 77.6 Å². The molecule has 2 fully saturated rings. The van der Waals surface area contributed by atoms with Crippen molar-refractivity contribution in [2.45, 2.75) is 89.7 Å². The number of carbonyl (C=O) groups is 2. The van der Waals surface area contributed by atoms with Gasteiger partial charge >= 0.3 is 6.09 Å². The Morgan fingerprint density at radius 2 is 1.43 bits per heavy atom. The number of hydrogen-bond acceptors (Lipinski definition) is 3. The van der Waals surface area contributed by atoms with Gasteiger partial charge in [0.15, 0.2) is 5.78 Å². The summed E-state index contributed by atoms with van der Waals surface area (Å²) in [6.45, 7) is 1.57. The summed E-state index contributed by atoms with van der Waals surface area (Å²) in [6.07, 6.45) is 11.9. The molecule has 4 nitrogen and oxygen atoms in total. The number of alkyl carbamates (subject to hydrolysis) is 1.